The van der Waals surface area contributed by atoms with Crippen LogP contribution in [-0.2, 0) is 16.6 Å². The number of nitrogens with zero attached hydrogens (tertiary/aromatic N) is 5. The number of rotatable bonds is 8. The summed E-state index contributed by atoms with van der Waals surface area (Å²) in [4.78, 5) is 26.8. The van der Waals surface area contributed by atoms with Crippen molar-refractivity contribution in [2.45, 2.75) is 18.4 Å². The number of carbonyl (C=O) groups excluding carboxylic acids is 1. The number of hydrogen-bond donors (Lipinski definition) is 0. The third kappa shape index (κ3) is 4.77. The van der Waals surface area contributed by atoms with Crippen LogP contribution in [0.2, 0.25) is 0 Å². The molecule has 3 aromatic heterocycles. The van der Waals surface area contributed by atoms with E-state index < -0.39 is 20.8 Å². The van der Waals surface area contributed by atoms with Gasteiger partial charge in [-0.25, -0.2) is 21.8 Å². The third-order valence-electron chi connectivity index (χ3n) is 7.09. The van der Waals surface area contributed by atoms with Gasteiger partial charge in [-0.1, -0.05) is 18.2 Å². The van der Waals surface area contributed by atoms with Gasteiger partial charge in [-0.15, -0.1) is 0 Å². The van der Waals surface area contributed by atoms with Gasteiger partial charge in [-0.3, -0.25) is 19.6 Å². The van der Waals surface area contributed by atoms with E-state index in [-0.39, 0.29) is 27.5 Å². The van der Waals surface area contributed by atoms with Gasteiger partial charge in [0.2, 0.25) is 0 Å². The molecule has 214 valence electrons. The Bertz CT molecular complexity index is 2140. The average Bonchev–Trinajstić information content (AvgIpc) is 3.64. The standard InChI is InChI=1S/C31H22FN5O5S/c1-2-35-18-27(30(34-35)20-8-11-23(12-9-20)37(39)40)25-14-15-33-31-26(25)17-29(21-10-13-28(32)22(16-21)19-38)36(31)43(41,42)24-6-4-3-5-7-24/h3-19H,2H2,1H3. The van der Waals surface area contributed by atoms with Gasteiger partial charge >= 0.3 is 0 Å². The fourth-order valence-corrected chi connectivity index (χ4v) is 6.48. The van der Waals surface area contributed by atoms with Crippen molar-refractivity contribution in [1.29, 1.82) is 0 Å². The molecule has 0 bridgehead atoms. The molecule has 10 nitrogen and oxygen atoms in total. The Balaban J connectivity index is 1.65. The van der Waals surface area contributed by atoms with Crippen molar-refractivity contribution in [2.24, 2.45) is 0 Å². The van der Waals surface area contributed by atoms with Crippen molar-refractivity contribution < 1.29 is 22.5 Å². The Morgan fingerprint density at radius 3 is 2.35 bits per heavy atom. The van der Waals surface area contributed by atoms with Crippen molar-refractivity contribution in [1.82, 2.24) is 18.7 Å². The first-order chi connectivity index (χ1) is 20.7. The molecule has 6 aromatic rings. The van der Waals surface area contributed by atoms with Gasteiger partial charge in [0.1, 0.15) is 11.5 Å². The molecular weight excluding hydrogens is 573 g/mol. The van der Waals surface area contributed by atoms with E-state index in [9.17, 15) is 27.7 Å². The lowest BCUT2D eigenvalue weighted by Crippen LogP contribution is -2.14. The molecule has 0 amide bonds. The molecule has 0 aliphatic rings. The van der Waals surface area contributed by atoms with Crippen LogP contribution < -0.4 is 0 Å². The highest BCUT2D eigenvalue weighted by atomic mass is 32.2. The van der Waals surface area contributed by atoms with Gasteiger partial charge in [0.25, 0.3) is 15.7 Å². The molecule has 0 fully saturated rings. The molecule has 0 atom stereocenters. The number of aryl methyl sites for hydroxylation is 1. The number of pyridine rings is 1. The highest BCUT2D eigenvalue weighted by Gasteiger charge is 2.27. The lowest BCUT2D eigenvalue weighted by molar-refractivity contribution is -0.384. The molecule has 43 heavy (non-hydrogen) atoms. The van der Waals surface area contributed by atoms with E-state index in [0.717, 1.165) is 10.0 Å². The van der Waals surface area contributed by atoms with Crippen molar-refractivity contribution in [3.8, 4) is 33.6 Å². The van der Waals surface area contributed by atoms with E-state index in [1.54, 1.807) is 47.1 Å². The Morgan fingerprint density at radius 1 is 0.953 bits per heavy atom. The summed E-state index contributed by atoms with van der Waals surface area (Å²) in [5, 5.41) is 16.4. The molecule has 0 radical (unpaired) electrons. The van der Waals surface area contributed by atoms with Crippen LogP contribution in [0.5, 0.6) is 0 Å². The number of benzene rings is 3. The molecule has 6 rings (SSSR count). The van der Waals surface area contributed by atoms with Crippen LogP contribution in [0.1, 0.15) is 17.3 Å². The van der Waals surface area contributed by atoms with Gasteiger partial charge < -0.3 is 0 Å². The summed E-state index contributed by atoms with van der Waals surface area (Å²) < 4.78 is 45.3. The molecule has 0 spiro atoms. The monoisotopic (exact) mass is 595 g/mol. The topological polar surface area (TPSA) is 130 Å². The molecule has 3 aromatic carbocycles. The normalized spacial score (nSPS) is 11.6. The first-order valence-corrected chi connectivity index (χ1v) is 14.6. The first kappa shape index (κ1) is 27.7. The van der Waals surface area contributed by atoms with Gasteiger partial charge in [0, 0.05) is 53.1 Å². The summed E-state index contributed by atoms with van der Waals surface area (Å²) in [5.74, 6) is -0.731. The number of fused-ring (bicyclic) bond motifs is 1. The number of halogens is 1. The van der Waals surface area contributed by atoms with Crippen LogP contribution in [0, 0.1) is 15.9 Å². The SMILES string of the molecule is CCn1cc(-c2ccnc3c2cc(-c2ccc(F)c(C=O)c2)n3S(=O)(=O)c2ccccc2)c(-c2ccc([N+](=O)[O-])cc2)n1. The first-order valence-electron chi connectivity index (χ1n) is 13.1. The maximum absolute atomic E-state index is 14.3. The fraction of sp³-hybridized carbons (Fsp3) is 0.0645. The lowest BCUT2D eigenvalue weighted by Gasteiger charge is -2.12. The van der Waals surface area contributed by atoms with Crippen LogP contribution in [-0.4, -0.2) is 38.4 Å². The second kappa shape index (κ2) is 10.7. The Hall–Kier alpha value is -5.49. The summed E-state index contributed by atoms with van der Waals surface area (Å²) >= 11 is 0. The van der Waals surface area contributed by atoms with E-state index in [4.69, 9.17) is 5.10 Å². The van der Waals surface area contributed by atoms with Crippen molar-refractivity contribution in [2.75, 3.05) is 0 Å². The lowest BCUT2D eigenvalue weighted by atomic mass is 10.00. The number of non-ortho nitro benzene ring substituents is 1. The minimum Gasteiger partial charge on any atom is -0.298 e. The van der Waals surface area contributed by atoms with Gasteiger partial charge in [0.15, 0.2) is 11.9 Å². The van der Waals surface area contributed by atoms with E-state index in [1.165, 1.54) is 42.6 Å². The Labute approximate surface area is 244 Å². The Kier molecular flexibility index (Phi) is 6.90. The van der Waals surface area contributed by atoms with E-state index >= 15 is 0 Å². The van der Waals surface area contributed by atoms with E-state index in [2.05, 4.69) is 4.98 Å². The van der Waals surface area contributed by atoms with Crippen LogP contribution in [0.15, 0.2) is 102 Å². The van der Waals surface area contributed by atoms with Crippen LogP contribution in [0.4, 0.5) is 10.1 Å². The highest BCUT2D eigenvalue weighted by Crippen LogP contribution is 2.40. The zero-order valence-corrected chi connectivity index (χ0v) is 23.4. The van der Waals surface area contributed by atoms with E-state index in [0.29, 0.717) is 46.2 Å². The molecule has 3 heterocycles. The zero-order valence-electron chi connectivity index (χ0n) is 22.6. The third-order valence-corrected chi connectivity index (χ3v) is 8.81. The van der Waals surface area contributed by atoms with Crippen LogP contribution >= 0.6 is 0 Å². The number of hydrogen-bond acceptors (Lipinski definition) is 7. The Morgan fingerprint density at radius 2 is 1.67 bits per heavy atom. The van der Waals surface area contributed by atoms with Gasteiger partial charge in [0.05, 0.1) is 21.1 Å². The fourth-order valence-electron chi connectivity index (χ4n) is 4.98. The summed E-state index contributed by atoms with van der Waals surface area (Å²) in [7, 11) is -4.22. The van der Waals surface area contributed by atoms with Crippen molar-refractivity contribution >= 4 is 33.0 Å². The maximum Gasteiger partial charge on any atom is 0.269 e. The maximum atomic E-state index is 14.3. The van der Waals surface area contributed by atoms with E-state index in [1.807, 2.05) is 13.1 Å². The molecule has 0 saturated heterocycles. The quantitative estimate of drug-likeness (QED) is 0.114. The molecule has 12 heteroatoms. The minimum atomic E-state index is -4.22. The molecule has 0 aliphatic heterocycles. The molecular formula is C31H22FN5O5S. The summed E-state index contributed by atoms with van der Waals surface area (Å²) in [6, 6.07) is 21.0. The second-order valence-corrected chi connectivity index (χ2v) is 11.4. The summed E-state index contributed by atoms with van der Waals surface area (Å²) in [5.41, 5.74) is 2.74. The largest absolute Gasteiger partial charge is 0.298 e. The molecule has 0 aliphatic carbocycles. The highest BCUT2D eigenvalue weighted by molar-refractivity contribution is 7.90. The molecule has 0 unspecified atom stereocenters. The predicted molar refractivity (Wildman–Crippen MR) is 159 cm³/mol. The van der Waals surface area contributed by atoms with Crippen LogP contribution in [0.3, 0.4) is 0 Å². The number of nitro benzene ring substituents is 1. The molecule has 0 saturated carbocycles. The predicted octanol–water partition coefficient (Wildman–Crippen LogP) is 6.35. The van der Waals surface area contributed by atoms with Crippen molar-refractivity contribution in [3.63, 3.8) is 0 Å². The number of aldehydes is 1. The number of carbonyl (C=O) groups is 1. The second-order valence-electron chi connectivity index (χ2n) is 9.61. The molecule has 0 N–H and O–H groups in total. The van der Waals surface area contributed by atoms with Crippen molar-refractivity contribution in [3.05, 3.63) is 119 Å². The minimum absolute atomic E-state index is 0.0176. The van der Waals surface area contributed by atoms with Crippen LogP contribution in [0.25, 0.3) is 44.7 Å². The average molecular weight is 596 g/mol. The number of aromatic nitrogens is 4. The van der Waals surface area contributed by atoms with Gasteiger partial charge in [-0.2, -0.15) is 5.10 Å². The number of nitro groups is 1. The smallest absolute Gasteiger partial charge is 0.269 e. The summed E-state index contributed by atoms with van der Waals surface area (Å²) in [6.07, 6.45) is 3.68. The summed E-state index contributed by atoms with van der Waals surface area (Å²) in [6.45, 7) is 2.45. The zero-order chi connectivity index (χ0) is 30.3. The van der Waals surface area contributed by atoms with Gasteiger partial charge in [-0.05, 0) is 67.1 Å².